The second kappa shape index (κ2) is 3.23. The van der Waals surface area contributed by atoms with Crippen molar-refractivity contribution in [2.24, 2.45) is 0 Å². The maximum Gasteiger partial charge on any atom is 0.336 e. The van der Waals surface area contributed by atoms with E-state index in [-0.39, 0.29) is 5.63 Å². The molecule has 0 bridgehead atoms. The van der Waals surface area contributed by atoms with Crippen LogP contribution >= 0.6 is 0 Å². The number of rotatable bonds is 1. The lowest BCUT2D eigenvalue weighted by Gasteiger charge is -2.01. The monoisotopic (exact) mass is 213 g/mol. The Bertz CT molecular complexity index is 721. The molecular weight excluding hydrogens is 202 g/mol. The molecule has 0 spiro atoms. The van der Waals surface area contributed by atoms with Crippen molar-refractivity contribution in [1.82, 2.24) is 4.57 Å². The summed E-state index contributed by atoms with van der Waals surface area (Å²) >= 11 is 0. The number of hydrogen-bond donors (Lipinski definition) is 0. The summed E-state index contributed by atoms with van der Waals surface area (Å²) in [6.07, 6.45) is 2.01. The molecule has 0 fully saturated rings. The first-order valence-corrected chi connectivity index (χ1v) is 5.31. The molecule has 2 heterocycles. The van der Waals surface area contributed by atoms with E-state index in [1.807, 2.05) is 18.3 Å². The molecule has 3 nitrogen and oxygen atoms in total. The molecule has 0 amide bonds. The van der Waals surface area contributed by atoms with Gasteiger partial charge >= 0.3 is 5.63 Å². The first kappa shape index (κ1) is 9.21. The van der Waals surface area contributed by atoms with Crippen molar-refractivity contribution in [3.05, 3.63) is 46.9 Å². The van der Waals surface area contributed by atoms with Crippen LogP contribution in [0.2, 0.25) is 0 Å². The highest BCUT2D eigenvalue weighted by Crippen LogP contribution is 2.24. The van der Waals surface area contributed by atoms with Crippen LogP contribution in [0.1, 0.15) is 6.92 Å². The van der Waals surface area contributed by atoms with E-state index in [0.717, 1.165) is 22.8 Å². The average molecular weight is 213 g/mol. The maximum atomic E-state index is 11.2. The highest BCUT2D eigenvalue weighted by molar-refractivity contribution is 6.02. The zero-order chi connectivity index (χ0) is 11.1. The third-order valence-corrected chi connectivity index (χ3v) is 2.88. The van der Waals surface area contributed by atoms with Gasteiger partial charge < -0.3 is 8.98 Å². The van der Waals surface area contributed by atoms with Gasteiger partial charge in [-0.15, -0.1) is 0 Å². The highest BCUT2D eigenvalue weighted by atomic mass is 16.4. The fourth-order valence-electron chi connectivity index (χ4n) is 2.08. The molecule has 0 aliphatic heterocycles. The van der Waals surface area contributed by atoms with Gasteiger partial charge in [-0.05, 0) is 31.2 Å². The van der Waals surface area contributed by atoms with E-state index in [2.05, 4.69) is 17.6 Å². The number of aryl methyl sites for hydroxylation is 1. The van der Waals surface area contributed by atoms with E-state index in [9.17, 15) is 4.79 Å². The topological polar surface area (TPSA) is 35.1 Å². The summed E-state index contributed by atoms with van der Waals surface area (Å²) in [5, 5.41) is 1.96. The number of fused-ring (bicyclic) bond motifs is 3. The second-order valence-corrected chi connectivity index (χ2v) is 3.77. The lowest BCUT2D eigenvalue weighted by atomic mass is 10.2. The van der Waals surface area contributed by atoms with Gasteiger partial charge in [0.25, 0.3) is 0 Å². The largest absolute Gasteiger partial charge is 0.422 e. The lowest BCUT2D eigenvalue weighted by Crippen LogP contribution is -1.95. The molecule has 0 unspecified atom stereocenters. The fraction of sp³-hybridized carbons (Fsp3) is 0.154. The standard InChI is InChI=1S/C13H11NO2/c1-2-14-8-7-10-11(14)5-3-9-4-6-12(15)16-13(9)10/h3-8H,2H2,1H3. The van der Waals surface area contributed by atoms with Gasteiger partial charge in [0.2, 0.25) is 0 Å². The number of nitrogens with zero attached hydrogens (tertiary/aromatic N) is 1. The van der Waals surface area contributed by atoms with Gasteiger partial charge in [0.05, 0.1) is 5.52 Å². The van der Waals surface area contributed by atoms with Gasteiger partial charge in [0.15, 0.2) is 0 Å². The van der Waals surface area contributed by atoms with Crippen LogP contribution in [0, 0.1) is 0 Å². The molecule has 0 saturated heterocycles. The Hall–Kier alpha value is -2.03. The summed E-state index contributed by atoms with van der Waals surface area (Å²) < 4.78 is 7.39. The van der Waals surface area contributed by atoms with Crippen molar-refractivity contribution in [3.63, 3.8) is 0 Å². The summed E-state index contributed by atoms with van der Waals surface area (Å²) in [7, 11) is 0. The van der Waals surface area contributed by atoms with E-state index in [4.69, 9.17) is 4.42 Å². The first-order valence-electron chi connectivity index (χ1n) is 5.31. The molecule has 0 radical (unpaired) electrons. The normalized spacial score (nSPS) is 11.3. The van der Waals surface area contributed by atoms with Gasteiger partial charge in [0.1, 0.15) is 5.58 Å². The molecule has 80 valence electrons. The molecule has 0 aliphatic rings. The Morgan fingerprint density at radius 3 is 2.81 bits per heavy atom. The fourth-order valence-corrected chi connectivity index (χ4v) is 2.08. The van der Waals surface area contributed by atoms with Crippen LogP contribution in [0.15, 0.2) is 45.7 Å². The lowest BCUT2D eigenvalue weighted by molar-refractivity contribution is 0.564. The predicted octanol–water partition coefficient (Wildman–Crippen LogP) is 2.77. The van der Waals surface area contributed by atoms with Crippen molar-refractivity contribution in [3.8, 4) is 0 Å². The van der Waals surface area contributed by atoms with Crippen molar-refractivity contribution < 1.29 is 4.42 Å². The third kappa shape index (κ3) is 1.18. The maximum absolute atomic E-state index is 11.2. The molecule has 2 aromatic heterocycles. The third-order valence-electron chi connectivity index (χ3n) is 2.88. The SMILES string of the molecule is CCn1ccc2c3oc(=O)ccc3ccc21. The Morgan fingerprint density at radius 2 is 2.00 bits per heavy atom. The summed E-state index contributed by atoms with van der Waals surface area (Å²) in [6.45, 7) is 3.00. The Morgan fingerprint density at radius 1 is 1.19 bits per heavy atom. The van der Waals surface area contributed by atoms with Crippen LogP contribution in [-0.4, -0.2) is 4.57 Å². The first-order chi connectivity index (χ1) is 7.79. The van der Waals surface area contributed by atoms with Crippen LogP contribution in [0.4, 0.5) is 0 Å². The van der Waals surface area contributed by atoms with Crippen LogP contribution < -0.4 is 5.63 Å². The molecule has 0 N–H and O–H groups in total. The second-order valence-electron chi connectivity index (χ2n) is 3.77. The van der Waals surface area contributed by atoms with Crippen molar-refractivity contribution in [1.29, 1.82) is 0 Å². The summed E-state index contributed by atoms with van der Waals surface area (Å²) in [6, 6.07) is 9.27. The molecule has 0 aliphatic carbocycles. The Kier molecular flexibility index (Phi) is 1.86. The predicted molar refractivity (Wildman–Crippen MR) is 63.7 cm³/mol. The zero-order valence-electron chi connectivity index (χ0n) is 8.93. The minimum absolute atomic E-state index is 0.302. The van der Waals surface area contributed by atoms with Gasteiger partial charge in [-0.3, -0.25) is 0 Å². The van der Waals surface area contributed by atoms with Crippen LogP contribution in [0.3, 0.4) is 0 Å². The summed E-state index contributed by atoms with van der Waals surface area (Å²) in [5.74, 6) is 0. The van der Waals surface area contributed by atoms with E-state index in [0.29, 0.717) is 5.58 Å². The van der Waals surface area contributed by atoms with Crippen LogP contribution in [0.25, 0.3) is 21.9 Å². The van der Waals surface area contributed by atoms with Crippen molar-refractivity contribution in [2.45, 2.75) is 13.5 Å². The average Bonchev–Trinajstić information content (AvgIpc) is 2.72. The molecule has 16 heavy (non-hydrogen) atoms. The molecular formula is C13H11NO2. The van der Waals surface area contributed by atoms with E-state index in [1.54, 1.807) is 6.07 Å². The van der Waals surface area contributed by atoms with Gasteiger partial charge in [-0.1, -0.05) is 0 Å². The van der Waals surface area contributed by atoms with Crippen LogP contribution in [-0.2, 0) is 6.54 Å². The molecule has 0 saturated carbocycles. The van der Waals surface area contributed by atoms with Crippen LogP contribution in [0.5, 0.6) is 0 Å². The molecule has 1 aromatic carbocycles. The Labute approximate surface area is 91.9 Å². The summed E-state index contributed by atoms with van der Waals surface area (Å²) in [5.41, 5.74) is 1.48. The van der Waals surface area contributed by atoms with E-state index < -0.39 is 0 Å². The molecule has 0 atom stereocenters. The minimum atomic E-state index is -0.302. The van der Waals surface area contributed by atoms with Crippen molar-refractivity contribution >= 4 is 21.9 Å². The number of benzene rings is 1. The minimum Gasteiger partial charge on any atom is -0.422 e. The van der Waals surface area contributed by atoms with Gasteiger partial charge in [-0.2, -0.15) is 0 Å². The van der Waals surface area contributed by atoms with Gasteiger partial charge in [0, 0.05) is 29.6 Å². The smallest absolute Gasteiger partial charge is 0.336 e. The van der Waals surface area contributed by atoms with E-state index >= 15 is 0 Å². The van der Waals surface area contributed by atoms with E-state index in [1.165, 1.54) is 6.07 Å². The van der Waals surface area contributed by atoms with Gasteiger partial charge in [-0.25, -0.2) is 4.79 Å². The highest BCUT2D eigenvalue weighted by Gasteiger charge is 2.06. The number of hydrogen-bond acceptors (Lipinski definition) is 2. The molecule has 3 aromatic rings. The molecule has 3 heteroatoms. The van der Waals surface area contributed by atoms with Crippen molar-refractivity contribution in [2.75, 3.05) is 0 Å². The quantitative estimate of drug-likeness (QED) is 0.582. The molecule has 3 rings (SSSR count). The Balaban J connectivity index is 2.53. The zero-order valence-corrected chi connectivity index (χ0v) is 8.93. The number of aromatic nitrogens is 1. The summed E-state index contributed by atoms with van der Waals surface area (Å²) in [4.78, 5) is 11.2.